The molecule has 1 saturated heterocycles. The molecule has 0 aromatic rings. The van der Waals surface area contributed by atoms with Crippen LogP contribution in [0, 0.1) is 11.8 Å². The van der Waals surface area contributed by atoms with E-state index in [4.69, 9.17) is 9.47 Å². The third-order valence-corrected chi connectivity index (χ3v) is 7.29. The van der Waals surface area contributed by atoms with E-state index < -0.39 is 12.2 Å². The Morgan fingerprint density at radius 2 is 1.97 bits per heavy atom. The third kappa shape index (κ3) is 6.02. The fourth-order valence-corrected chi connectivity index (χ4v) is 5.42. The molecule has 7 nitrogen and oxygen atoms in total. The van der Waals surface area contributed by atoms with Gasteiger partial charge in [-0.15, -0.1) is 0 Å². The molecule has 0 spiro atoms. The number of carbonyl (C=O) groups excluding carboxylic acids is 1. The van der Waals surface area contributed by atoms with E-state index in [1.807, 2.05) is 12.2 Å². The Balaban J connectivity index is 1.35. The highest BCUT2D eigenvalue weighted by Crippen LogP contribution is 2.35. The normalized spacial score (nSPS) is 30.8. The fourth-order valence-electron chi connectivity index (χ4n) is 5.42. The van der Waals surface area contributed by atoms with Gasteiger partial charge in [-0.25, -0.2) is 0 Å². The molecule has 0 saturated carbocycles. The molecule has 0 aromatic heterocycles. The van der Waals surface area contributed by atoms with Crippen LogP contribution in [0.4, 0.5) is 0 Å². The minimum Gasteiger partial charge on any atom is -0.491 e. The fraction of sp³-hybridized carbons (Fsp3) is 0.792. The summed E-state index contributed by atoms with van der Waals surface area (Å²) in [5.41, 5.74) is 0. The zero-order valence-corrected chi connectivity index (χ0v) is 18.5. The van der Waals surface area contributed by atoms with Gasteiger partial charge in [0.05, 0.1) is 18.2 Å². The zero-order chi connectivity index (χ0) is 21.6. The number of ether oxygens (including phenoxy) is 2. The first-order valence-electron chi connectivity index (χ1n) is 12.1. The second-order valence-corrected chi connectivity index (χ2v) is 9.51. The maximum Gasteiger partial charge on any atom is 0.220 e. The van der Waals surface area contributed by atoms with Gasteiger partial charge in [-0.2, -0.15) is 0 Å². The summed E-state index contributed by atoms with van der Waals surface area (Å²) in [6, 6.07) is -0.293. The van der Waals surface area contributed by atoms with Crippen LogP contribution in [0.3, 0.4) is 0 Å². The molecule has 1 amide bonds. The van der Waals surface area contributed by atoms with E-state index in [-0.39, 0.29) is 23.8 Å². The maximum absolute atomic E-state index is 12.8. The van der Waals surface area contributed by atoms with Gasteiger partial charge in [-0.05, 0) is 63.5 Å². The molecule has 3 N–H and O–H groups in total. The second kappa shape index (κ2) is 10.8. The van der Waals surface area contributed by atoms with Crippen LogP contribution in [0.5, 0.6) is 0 Å². The number of nitrogens with one attached hydrogen (secondary N) is 1. The highest BCUT2D eigenvalue weighted by Gasteiger charge is 2.36. The largest absolute Gasteiger partial charge is 0.491 e. The molecular weight excluding hydrogens is 396 g/mol. The summed E-state index contributed by atoms with van der Waals surface area (Å²) in [5.74, 6) is 1.99. The van der Waals surface area contributed by atoms with Crippen LogP contribution in [0.1, 0.15) is 57.8 Å². The Bertz CT molecular complexity index is 673. The number of hydrogen-bond acceptors (Lipinski definition) is 6. The summed E-state index contributed by atoms with van der Waals surface area (Å²) in [5, 5.41) is 24.5. The molecule has 0 bridgehead atoms. The van der Waals surface area contributed by atoms with Crippen molar-refractivity contribution in [1.29, 1.82) is 0 Å². The smallest absolute Gasteiger partial charge is 0.220 e. The van der Waals surface area contributed by atoms with Crippen molar-refractivity contribution in [3.05, 3.63) is 23.7 Å². The Morgan fingerprint density at radius 3 is 2.74 bits per heavy atom. The van der Waals surface area contributed by atoms with Crippen LogP contribution in [0.2, 0.25) is 0 Å². The first-order chi connectivity index (χ1) is 15.1. The van der Waals surface area contributed by atoms with Gasteiger partial charge >= 0.3 is 0 Å². The van der Waals surface area contributed by atoms with Crippen molar-refractivity contribution in [2.75, 3.05) is 32.8 Å². The third-order valence-electron chi connectivity index (χ3n) is 7.29. The monoisotopic (exact) mass is 434 g/mol. The summed E-state index contributed by atoms with van der Waals surface area (Å²) in [7, 11) is 0. The summed E-state index contributed by atoms with van der Waals surface area (Å²) < 4.78 is 11.5. The van der Waals surface area contributed by atoms with Crippen LogP contribution in [-0.2, 0) is 14.3 Å². The molecule has 0 radical (unpaired) electrons. The summed E-state index contributed by atoms with van der Waals surface area (Å²) in [6.45, 7) is 3.90. The quantitative estimate of drug-likeness (QED) is 0.507. The first-order valence-corrected chi connectivity index (χ1v) is 12.1. The van der Waals surface area contributed by atoms with E-state index in [0.29, 0.717) is 39.0 Å². The molecule has 174 valence electrons. The van der Waals surface area contributed by atoms with Crippen molar-refractivity contribution in [2.24, 2.45) is 11.8 Å². The molecular formula is C24H38N2O5. The first kappa shape index (κ1) is 22.6. The molecule has 7 heteroatoms. The van der Waals surface area contributed by atoms with Gasteiger partial charge in [0.25, 0.3) is 0 Å². The Hall–Kier alpha value is -1.57. The average Bonchev–Trinajstić information content (AvgIpc) is 3.30. The van der Waals surface area contributed by atoms with Gasteiger partial charge in [0.1, 0.15) is 24.7 Å². The number of aliphatic hydroxyl groups is 2. The molecule has 2 heterocycles. The van der Waals surface area contributed by atoms with Crippen molar-refractivity contribution in [1.82, 2.24) is 10.2 Å². The molecule has 2 aliphatic carbocycles. The van der Waals surface area contributed by atoms with Gasteiger partial charge in [0, 0.05) is 25.8 Å². The molecule has 1 fully saturated rings. The lowest BCUT2D eigenvalue weighted by Crippen LogP contribution is -2.52. The van der Waals surface area contributed by atoms with Gasteiger partial charge in [0.15, 0.2) is 0 Å². The maximum atomic E-state index is 12.8. The lowest BCUT2D eigenvalue weighted by atomic mass is 9.83. The topological polar surface area (TPSA) is 91.3 Å². The van der Waals surface area contributed by atoms with Gasteiger partial charge < -0.3 is 29.9 Å². The molecule has 3 unspecified atom stereocenters. The number of carbonyl (C=O) groups is 1. The van der Waals surface area contributed by atoms with Crippen molar-refractivity contribution < 1.29 is 24.5 Å². The number of rotatable bonds is 8. The van der Waals surface area contributed by atoms with E-state index in [1.165, 1.54) is 12.8 Å². The van der Waals surface area contributed by atoms with E-state index in [1.54, 1.807) is 0 Å². The van der Waals surface area contributed by atoms with Gasteiger partial charge in [-0.1, -0.05) is 12.2 Å². The highest BCUT2D eigenvalue weighted by atomic mass is 16.6. The van der Waals surface area contributed by atoms with Crippen LogP contribution < -0.4 is 5.32 Å². The standard InChI is InChI=1S/C24H38N2O5/c27-20-6-2-1-5-17(20)8-10-23(28)25-19(16-26-11-3-4-12-26)24(29)18-7-9-21-22(15-18)31-14-13-30-21/h2,6,17-20,24,27,29H,1,3-5,7-16H2,(H,25,28)/t17?,18?,19-,20?,24-/m1/s1. The lowest BCUT2D eigenvalue weighted by molar-refractivity contribution is -0.123. The van der Waals surface area contributed by atoms with Crippen LogP contribution in [0.15, 0.2) is 23.7 Å². The highest BCUT2D eigenvalue weighted by molar-refractivity contribution is 5.76. The minimum atomic E-state index is -0.618. The predicted octanol–water partition coefficient (Wildman–Crippen LogP) is 2.09. The number of likely N-dealkylation sites (tertiary alicyclic amines) is 1. The number of amides is 1. The van der Waals surface area contributed by atoms with E-state index >= 15 is 0 Å². The minimum absolute atomic E-state index is 0.0297. The number of allylic oxidation sites excluding steroid dienone is 3. The Morgan fingerprint density at radius 1 is 1.19 bits per heavy atom. The van der Waals surface area contributed by atoms with Crippen molar-refractivity contribution in [3.63, 3.8) is 0 Å². The molecule has 0 aromatic carbocycles. The molecule has 4 aliphatic rings. The van der Waals surface area contributed by atoms with Crippen LogP contribution in [0.25, 0.3) is 0 Å². The van der Waals surface area contributed by atoms with E-state index in [2.05, 4.69) is 10.2 Å². The number of nitrogens with zero attached hydrogens (tertiary/aromatic N) is 1. The van der Waals surface area contributed by atoms with Gasteiger partial charge in [-0.3, -0.25) is 4.79 Å². The van der Waals surface area contributed by atoms with E-state index in [9.17, 15) is 15.0 Å². The van der Waals surface area contributed by atoms with Crippen LogP contribution in [-0.4, -0.2) is 72.1 Å². The predicted molar refractivity (Wildman–Crippen MR) is 117 cm³/mol. The number of hydrogen-bond donors (Lipinski definition) is 3. The van der Waals surface area contributed by atoms with Crippen LogP contribution >= 0.6 is 0 Å². The lowest BCUT2D eigenvalue weighted by Gasteiger charge is -2.37. The number of aliphatic hydroxyl groups excluding tert-OH is 2. The SMILES string of the molecule is O=C(CCC1CCC=CC1O)N[C@H](CN1CCCC1)[C@H](O)C1CCC2=C(C1)OCCO2. The average molecular weight is 435 g/mol. The molecule has 5 atom stereocenters. The van der Waals surface area contributed by atoms with Crippen molar-refractivity contribution in [3.8, 4) is 0 Å². The summed E-state index contributed by atoms with van der Waals surface area (Å²) in [4.78, 5) is 15.1. The molecule has 4 rings (SSSR count). The van der Waals surface area contributed by atoms with Crippen molar-refractivity contribution in [2.45, 2.75) is 76.0 Å². The summed E-state index contributed by atoms with van der Waals surface area (Å²) >= 11 is 0. The van der Waals surface area contributed by atoms with Crippen molar-refractivity contribution >= 4 is 5.91 Å². The van der Waals surface area contributed by atoms with Gasteiger partial charge in [0.2, 0.25) is 5.91 Å². The Kier molecular flexibility index (Phi) is 7.91. The second-order valence-electron chi connectivity index (χ2n) is 9.51. The van der Waals surface area contributed by atoms with E-state index in [0.717, 1.165) is 50.3 Å². The molecule has 2 aliphatic heterocycles. The summed E-state index contributed by atoms with van der Waals surface area (Å²) in [6.07, 6.45) is 10.4. The molecule has 31 heavy (non-hydrogen) atoms. The zero-order valence-electron chi connectivity index (χ0n) is 18.5. The Labute approximate surface area is 185 Å².